The number of nitrogens with one attached hydrogen (secondary N) is 2. The number of ether oxygens (including phenoxy) is 2. The monoisotopic (exact) mass is 937 g/mol. The second-order valence-corrected chi connectivity index (χ2v) is 20.2. The number of pyridine rings is 1. The lowest BCUT2D eigenvalue weighted by atomic mass is 9.84. The molecule has 0 spiro atoms. The number of likely N-dealkylation sites (tertiary alicyclic amines) is 1. The van der Waals surface area contributed by atoms with Crippen molar-refractivity contribution in [2.24, 2.45) is 11.3 Å². The first kappa shape index (κ1) is 49.3. The summed E-state index contributed by atoms with van der Waals surface area (Å²) in [6, 6.07) is 7.06. The molecule has 16 nitrogen and oxygen atoms in total. The minimum atomic E-state index is -1.09. The number of hydrogen-bond donors (Lipinski definition) is 2. The maximum absolute atomic E-state index is 14.7. The van der Waals surface area contributed by atoms with E-state index in [1.165, 1.54) is 27.3 Å². The highest BCUT2D eigenvalue weighted by Gasteiger charge is 2.40. The third-order valence-electron chi connectivity index (χ3n) is 13.5. The van der Waals surface area contributed by atoms with Crippen molar-refractivity contribution in [2.45, 2.75) is 117 Å². The molecule has 5 atom stereocenters. The van der Waals surface area contributed by atoms with Gasteiger partial charge in [0.1, 0.15) is 18.1 Å². The molecular weight excluding hydrogens is 871 g/mol. The van der Waals surface area contributed by atoms with Gasteiger partial charge in [0.05, 0.1) is 34.8 Å². The number of thiazole rings is 1. The Morgan fingerprint density at radius 3 is 2.60 bits per heavy atom. The van der Waals surface area contributed by atoms with Gasteiger partial charge in [-0.1, -0.05) is 40.3 Å². The summed E-state index contributed by atoms with van der Waals surface area (Å²) < 4.78 is 14.2. The molecule has 3 aliphatic rings. The summed E-state index contributed by atoms with van der Waals surface area (Å²) in [6.07, 6.45) is 5.88. The number of esters is 1. The van der Waals surface area contributed by atoms with Gasteiger partial charge in [-0.2, -0.15) is 0 Å². The number of nitrogens with zero attached hydrogens (tertiary/aromatic N) is 7. The van der Waals surface area contributed by atoms with Crippen molar-refractivity contribution < 1.29 is 33.4 Å². The van der Waals surface area contributed by atoms with Gasteiger partial charge in [0.15, 0.2) is 0 Å². The maximum Gasteiger partial charge on any atom is 0.324 e. The lowest BCUT2D eigenvalue weighted by Crippen LogP contribution is -2.63. The minimum Gasteiger partial charge on any atom is -0.464 e. The van der Waals surface area contributed by atoms with E-state index >= 15 is 0 Å². The highest BCUT2D eigenvalue weighted by atomic mass is 32.1. The minimum absolute atomic E-state index is 0.0714. The van der Waals surface area contributed by atoms with Crippen LogP contribution in [0.4, 0.5) is 4.79 Å². The molecule has 2 fully saturated rings. The third kappa shape index (κ3) is 10.4. The summed E-state index contributed by atoms with van der Waals surface area (Å²) >= 11 is 1.41. The SMILES string of the molecule is C=CC(=O)N(C)[C@@H]1CCCN(C(=O)N(C)[C@H](C(=O)N[C@H]2Cc3nc(cs3)-c3ccc4c(c3)c(c(-c3cccnc3[C@H](C)OC)n4CC)CC(C)(C)COC(=O)[C@@H]3CCCN(N3)C2=O)C(C)C)C1. The smallest absolute Gasteiger partial charge is 0.324 e. The molecular formula is C50H67N9O7S. The van der Waals surface area contributed by atoms with Crippen LogP contribution in [0.5, 0.6) is 0 Å². The summed E-state index contributed by atoms with van der Waals surface area (Å²) in [4.78, 5) is 84.3. The first-order valence-corrected chi connectivity index (χ1v) is 24.4. The zero-order valence-electron chi connectivity index (χ0n) is 40.5. The average Bonchev–Trinajstić information content (AvgIpc) is 3.92. The second kappa shape index (κ2) is 20.7. The van der Waals surface area contributed by atoms with Crippen LogP contribution in [0.15, 0.2) is 54.6 Å². The van der Waals surface area contributed by atoms with Crippen molar-refractivity contribution in [3.05, 3.63) is 70.8 Å². The number of likely N-dealkylation sites (N-methyl/N-ethyl adjacent to an activating group) is 2. The number of rotatable bonds is 10. The second-order valence-electron chi connectivity index (χ2n) is 19.2. The van der Waals surface area contributed by atoms with Crippen LogP contribution >= 0.6 is 11.3 Å². The van der Waals surface area contributed by atoms with Crippen molar-refractivity contribution in [2.75, 3.05) is 47.4 Å². The summed E-state index contributed by atoms with van der Waals surface area (Å²) in [5, 5.41) is 8.11. The Hall–Kier alpha value is -5.65. The van der Waals surface area contributed by atoms with Crippen LogP contribution in [-0.2, 0) is 48.0 Å². The zero-order chi connectivity index (χ0) is 48.3. The van der Waals surface area contributed by atoms with Crippen molar-refractivity contribution in [3.63, 3.8) is 0 Å². The molecule has 0 radical (unpaired) electrons. The summed E-state index contributed by atoms with van der Waals surface area (Å²) in [7, 11) is 4.99. The van der Waals surface area contributed by atoms with E-state index in [1.54, 1.807) is 37.2 Å². The van der Waals surface area contributed by atoms with Crippen molar-refractivity contribution in [1.82, 2.24) is 45.0 Å². The molecule has 2 saturated heterocycles. The number of urea groups is 1. The van der Waals surface area contributed by atoms with Gasteiger partial charge >= 0.3 is 12.0 Å². The number of benzene rings is 1. The van der Waals surface area contributed by atoms with Gasteiger partial charge in [0.25, 0.3) is 5.91 Å². The molecule has 6 bridgehead atoms. The fourth-order valence-corrected chi connectivity index (χ4v) is 10.7. The third-order valence-corrected chi connectivity index (χ3v) is 14.4. The number of amides is 5. The Kier molecular flexibility index (Phi) is 15.2. The Balaban J connectivity index is 1.25. The Morgan fingerprint density at radius 2 is 1.88 bits per heavy atom. The molecule has 6 heterocycles. The molecule has 3 aliphatic heterocycles. The fourth-order valence-electron chi connectivity index (χ4n) is 9.86. The van der Waals surface area contributed by atoms with Crippen LogP contribution in [-0.4, -0.2) is 136 Å². The summed E-state index contributed by atoms with van der Waals surface area (Å²) in [5.41, 5.74) is 9.25. The largest absolute Gasteiger partial charge is 0.464 e. The average molecular weight is 938 g/mol. The van der Waals surface area contributed by atoms with Crippen molar-refractivity contribution in [1.29, 1.82) is 0 Å². The fraction of sp³-hybridized carbons (Fsp3) is 0.540. The van der Waals surface area contributed by atoms with Gasteiger partial charge in [0.2, 0.25) is 11.8 Å². The summed E-state index contributed by atoms with van der Waals surface area (Å²) in [6.45, 7) is 17.6. The van der Waals surface area contributed by atoms with Gasteiger partial charge in [-0.05, 0) is 87.8 Å². The number of methoxy groups -OCH3 is 1. The van der Waals surface area contributed by atoms with Gasteiger partial charge in [-0.25, -0.2) is 15.2 Å². The highest BCUT2D eigenvalue weighted by Crippen LogP contribution is 2.42. The summed E-state index contributed by atoms with van der Waals surface area (Å²) in [5.74, 6) is -1.92. The number of piperidine rings is 1. The van der Waals surface area contributed by atoms with E-state index in [0.717, 1.165) is 51.1 Å². The molecule has 0 saturated carbocycles. The lowest BCUT2D eigenvalue weighted by Gasteiger charge is -2.41. The molecule has 3 aromatic heterocycles. The molecule has 17 heteroatoms. The Bertz CT molecular complexity index is 2500. The molecule has 2 N–H and O–H groups in total. The van der Waals surface area contributed by atoms with Crippen LogP contribution < -0.4 is 10.7 Å². The van der Waals surface area contributed by atoms with Crippen LogP contribution in [0.1, 0.15) is 89.6 Å². The number of fused-ring (bicyclic) bond motifs is 6. The van der Waals surface area contributed by atoms with Crippen LogP contribution in [0.2, 0.25) is 0 Å². The van der Waals surface area contributed by atoms with Gasteiger partial charge in [-0.3, -0.25) is 29.2 Å². The molecule has 1 aromatic carbocycles. The molecule has 0 aliphatic carbocycles. The molecule has 4 aromatic rings. The quantitative estimate of drug-likeness (QED) is 0.134. The molecule has 0 unspecified atom stereocenters. The maximum atomic E-state index is 14.7. The van der Waals surface area contributed by atoms with E-state index in [0.29, 0.717) is 56.9 Å². The van der Waals surface area contributed by atoms with Gasteiger partial charge in [0, 0.05) is 98.9 Å². The normalized spacial score (nSPS) is 21.0. The van der Waals surface area contributed by atoms with Crippen LogP contribution in [0, 0.1) is 11.3 Å². The molecule has 67 heavy (non-hydrogen) atoms. The number of aryl methyl sites for hydroxylation is 1. The van der Waals surface area contributed by atoms with Crippen LogP contribution in [0.25, 0.3) is 33.4 Å². The number of hydrazine groups is 1. The predicted molar refractivity (Wildman–Crippen MR) is 259 cm³/mol. The van der Waals surface area contributed by atoms with Gasteiger partial charge < -0.3 is 34.1 Å². The number of cyclic esters (lactones) is 1. The lowest BCUT2D eigenvalue weighted by molar-refractivity contribution is -0.155. The van der Waals surface area contributed by atoms with Crippen molar-refractivity contribution in [3.8, 4) is 22.5 Å². The Morgan fingerprint density at radius 1 is 1.12 bits per heavy atom. The van der Waals surface area contributed by atoms with E-state index in [1.807, 2.05) is 32.2 Å². The zero-order valence-corrected chi connectivity index (χ0v) is 41.3. The predicted octanol–water partition coefficient (Wildman–Crippen LogP) is 6.39. The van der Waals surface area contributed by atoms with E-state index in [4.69, 9.17) is 19.4 Å². The standard InChI is InChI=1S/C50H67N9O7S/c1-11-42(60)55(8)33-16-14-22-57(27-33)49(64)56(9)44(30(3)4)46(61)53-38-25-41-52-39(28-67-41)32-19-20-40-35(24-32)36(45(58(40)12-2)34-17-13-21-51-43(34)31(5)65-10)26-50(6,7)29-66-48(63)37-18-15-23-59(54-37)47(38)62/h11,13,17,19-21,24,28,30-31,33,37-38,44,54H,1,12,14-16,18,22-23,25-27,29H2,2-10H3,(H,53,61)/t31-,33+,37-,38-,44-/m0/s1. The van der Waals surface area contributed by atoms with Crippen LogP contribution in [0.3, 0.4) is 0 Å². The molecule has 5 amide bonds. The highest BCUT2D eigenvalue weighted by molar-refractivity contribution is 7.10. The van der Waals surface area contributed by atoms with Crippen molar-refractivity contribution >= 4 is 52.0 Å². The number of hydrogen-bond acceptors (Lipinski definition) is 11. The van der Waals surface area contributed by atoms with E-state index < -0.39 is 41.3 Å². The number of carbonyl (C=O) groups is 5. The Labute approximate surface area is 398 Å². The van der Waals surface area contributed by atoms with E-state index in [9.17, 15) is 24.0 Å². The molecule has 360 valence electrons. The number of aromatic nitrogens is 3. The van der Waals surface area contributed by atoms with E-state index in [2.05, 4.69) is 66.9 Å². The van der Waals surface area contributed by atoms with Gasteiger partial charge in [-0.15, -0.1) is 11.3 Å². The first-order chi connectivity index (χ1) is 32.0. The topological polar surface area (TPSA) is 172 Å². The number of carbonyl (C=O) groups excluding carboxylic acids is 5. The van der Waals surface area contributed by atoms with E-state index in [-0.39, 0.29) is 43.0 Å². The first-order valence-electron chi connectivity index (χ1n) is 23.5. The molecule has 7 rings (SSSR count).